The number of rotatable bonds is 7. The molecule has 0 aromatic heterocycles. The lowest BCUT2D eigenvalue weighted by Gasteiger charge is -2.20. The lowest BCUT2D eigenvalue weighted by Crippen LogP contribution is -2.27. The Kier molecular flexibility index (Phi) is 5.40. The van der Waals surface area contributed by atoms with Crippen LogP contribution in [0.3, 0.4) is 0 Å². The number of nitrogens with one attached hydrogen (secondary N) is 1. The first-order chi connectivity index (χ1) is 9.04. The van der Waals surface area contributed by atoms with Gasteiger partial charge in [0.1, 0.15) is 5.82 Å². The molecule has 1 aromatic rings. The van der Waals surface area contributed by atoms with Crippen molar-refractivity contribution in [3.63, 3.8) is 0 Å². The van der Waals surface area contributed by atoms with Crippen LogP contribution in [0, 0.1) is 17.7 Å². The summed E-state index contributed by atoms with van der Waals surface area (Å²) in [6, 6.07) is 5.72. The molecule has 3 heteroatoms. The Morgan fingerprint density at radius 1 is 1.37 bits per heavy atom. The van der Waals surface area contributed by atoms with Crippen molar-refractivity contribution in [2.24, 2.45) is 11.8 Å². The predicted octanol–water partition coefficient (Wildman–Crippen LogP) is 4.55. The monoisotopic (exact) mass is 327 g/mol. The van der Waals surface area contributed by atoms with Crippen LogP contribution < -0.4 is 5.32 Å². The third kappa shape index (κ3) is 5.23. The first-order valence-corrected chi connectivity index (χ1v) is 8.01. The van der Waals surface area contributed by atoms with Crippen molar-refractivity contribution in [2.75, 3.05) is 6.54 Å². The van der Waals surface area contributed by atoms with Crippen LogP contribution in [0.15, 0.2) is 22.7 Å². The maximum Gasteiger partial charge on any atom is 0.123 e. The number of benzene rings is 1. The van der Waals surface area contributed by atoms with Crippen molar-refractivity contribution >= 4 is 15.9 Å². The first-order valence-electron chi connectivity index (χ1n) is 7.22. The summed E-state index contributed by atoms with van der Waals surface area (Å²) in [5.41, 5.74) is 1.09. The number of halogens is 2. The molecule has 0 saturated heterocycles. The Hall–Kier alpha value is -0.410. The van der Waals surface area contributed by atoms with Crippen molar-refractivity contribution in [3.05, 3.63) is 34.1 Å². The Bertz CT molecular complexity index is 415. The molecule has 19 heavy (non-hydrogen) atoms. The Balaban J connectivity index is 1.97. The van der Waals surface area contributed by atoms with Gasteiger partial charge in [0.25, 0.3) is 0 Å². The van der Waals surface area contributed by atoms with Crippen LogP contribution in [0.5, 0.6) is 0 Å². The van der Waals surface area contributed by atoms with Gasteiger partial charge in [0, 0.05) is 10.5 Å². The zero-order chi connectivity index (χ0) is 13.8. The van der Waals surface area contributed by atoms with Gasteiger partial charge in [0.2, 0.25) is 0 Å². The van der Waals surface area contributed by atoms with Gasteiger partial charge in [0.05, 0.1) is 0 Å². The molecule has 1 nitrogen and oxygen atoms in total. The highest BCUT2D eigenvalue weighted by molar-refractivity contribution is 9.10. The highest BCUT2D eigenvalue weighted by Crippen LogP contribution is 2.25. The van der Waals surface area contributed by atoms with Crippen LogP contribution >= 0.6 is 15.9 Å². The maximum absolute atomic E-state index is 13.3. The summed E-state index contributed by atoms with van der Waals surface area (Å²) >= 11 is 3.53. The van der Waals surface area contributed by atoms with E-state index >= 15 is 0 Å². The largest absolute Gasteiger partial charge is 0.314 e. The minimum Gasteiger partial charge on any atom is -0.314 e. The Morgan fingerprint density at radius 2 is 2.11 bits per heavy atom. The van der Waals surface area contributed by atoms with Crippen LogP contribution in [0.25, 0.3) is 0 Å². The average molecular weight is 328 g/mol. The molecule has 1 unspecified atom stereocenters. The molecule has 1 aliphatic rings. The maximum atomic E-state index is 13.3. The standard InChI is InChI=1S/C16H23BrFN/c1-11(2)7-12(10-19-15-4-5-15)8-13-9-14(18)3-6-16(13)17/h3,6,9,11-12,15,19H,4-5,7-8,10H2,1-2H3. The molecule has 0 aliphatic heterocycles. The second kappa shape index (κ2) is 6.85. The van der Waals surface area contributed by atoms with E-state index in [2.05, 4.69) is 35.1 Å². The zero-order valence-electron chi connectivity index (χ0n) is 11.8. The molecule has 0 amide bonds. The summed E-state index contributed by atoms with van der Waals surface area (Å²) in [7, 11) is 0. The van der Waals surface area contributed by atoms with Gasteiger partial charge < -0.3 is 5.32 Å². The molecule has 1 N–H and O–H groups in total. The van der Waals surface area contributed by atoms with Gasteiger partial charge in [0.15, 0.2) is 0 Å². The molecule has 0 bridgehead atoms. The average Bonchev–Trinajstić information content (AvgIpc) is 3.14. The molecular formula is C16H23BrFN. The Labute approximate surface area is 124 Å². The third-order valence-electron chi connectivity index (χ3n) is 3.59. The molecule has 1 aromatic carbocycles. The summed E-state index contributed by atoms with van der Waals surface area (Å²) in [5.74, 6) is 1.12. The van der Waals surface area contributed by atoms with Gasteiger partial charge >= 0.3 is 0 Å². The van der Waals surface area contributed by atoms with Crippen molar-refractivity contribution in [1.82, 2.24) is 5.32 Å². The molecule has 1 saturated carbocycles. The summed E-state index contributed by atoms with van der Waals surface area (Å²) in [4.78, 5) is 0. The van der Waals surface area contributed by atoms with Crippen molar-refractivity contribution in [1.29, 1.82) is 0 Å². The summed E-state index contributed by atoms with van der Waals surface area (Å²) < 4.78 is 14.4. The fraction of sp³-hybridized carbons (Fsp3) is 0.625. The SMILES string of the molecule is CC(C)CC(CNC1CC1)Cc1cc(F)ccc1Br. The first kappa shape index (κ1) is 15.0. The number of hydrogen-bond donors (Lipinski definition) is 1. The zero-order valence-corrected chi connectivity index (χ0v) is 13.3. The molecule has 1 atom stereocenters. The van der Waals surface area contributed by atoms with Crippen LogP contribution in [-0.2, 0) is 6.42 Å². The summed E-state index contributed by atoms with van der Waals surface area (Å²) in [5, 5.41) is 3.61. The van der Waals surface area contributed by atoms with Crippen molar-refractivity contribution in [3.8, 4) is 0 Å². The van der Waals surface area contributed by atoms with Gasteiger partial charge in [-0.1, -0.05) is 29.8 Å². The van der Waals surface area contributed by atoms with Crippen LogP contribution in [0.4, 0.5) is 4.39 Å². The van der Waals surface area contributed by atoms with Crippen molar-refractivity contribution < 1.29 is 4.39 Å². The van der Waals surface area contributed by atoms with E-state index in [1.54, 1.807) is 6.07 Å². The van der Waals surface area contributed by atoms with Gasteiger partial charge in [-0.3, -0.25) is 0 Å². The molecule has 1 fully saturated rings. The summed E-state index contributed by atoms with van der Waals surface area (Å²) in [6.45, 7) is 5.56. The minimum absolute atomic E-state index is 0.142. The molecule has 2 rings (SSSR count). The Morgan fingerprint density at radius 3 is 2.74 bits per heavy atom. The fourth-order valence-corrected chi connectivity index (χ4v) is 2.95. The van der Waals surface area contributed by atoms with Crippen LogP contribution in [0.1, 0.15) is 38.7 Å². The van der Waals surface area contributed by atoms with E-state index in [1.807, 2.05) is 6.07 Å². The van der Waals surface area contributed by atoms with Gasteiger partial charge in [-0.25, -0.2) is 4.39 Å². The summed E-state index contributed by atoms with van der Waals surface area (Å²) in [6.07, 6.45) is 4.76. The molecule has 0 spiro atoms. The topological polar surface area (TPSA) is 12.0 Å². The van der Waals surface area contributed by atoms with Crippen LogP contribution in [0.2, 0.25) is 0 Å². The van der Waals surface area contributed by atoms with Gasteiger partial charge in [-0.15, -0.1) is 0 Å². The number of hydrogen-bond acceptors (Lipinski definition) is 1. The quantitative estimate of drug-likeness (QED) is 0.774. The van der Waals surface area contributed by atoms with E-state index in [0.29, 0.717) is 11.8 Å². The van der Waals surface area contributed by atoms with E-state index in [-0.39, 0.29) is 5.82 Å². The van der Waals surface area contributed by atoms with Crippen molar-refractivity contribution in [2.45, 2.75) is 45.6 Å². The molecule has 0 heterocycles. The van der Waals surface area contributed by atoms with Crippen LogP contribution in [-0.4, -0.2) is 12.6 Å². The van der Waals surface area contributed by atoms with E-state index in [0.717, 1.165) is 29.0 Å². The second-order valence-corrected chi connectivity index (χ2v) is 6.97. The highest BCUT2D eigenvalue weighted by Gasteiger charge is 2.22. The van der Waals surface area contributed by atoms with E-state index < -0.39 is 0 Å². The lowest BCUT2D eigenvalue weighted by atomic mass is 9.91. The third-order valence-corrected chi connectivity index (χ3v) is 4.37. The van der Waals surface area contributed by atoms with Gasteiger partial charge in [-0.2, -0.15) is 0 Å². The molecule has 106 valence electrons. The van der Waals surface area contributed by atoms with E-state index in [1.165, 1.54) is 25.3 Å². The van der Waals surface area contributed by atoms with E-state index in [9.17, 15) is 4.39 Å². The van der Waals surface area contributed by atoms with E-state index in [4.69, 9.17) is 0 Å². The predicted molar refractivity (Wildman–Crippen MR) is 81.8 cm³/mol. The molecule has 0 radical (unpaired) electrons. The molecular weight excluding hydrogens is 305 g/mol. The normalized spacial score (nSPS) is 16.9. The second-order valence-electron chi connectivity index (χ2n) is 6.12. The minimum atomic E-state index is -0.142. The fourth-order valence-electron chi connectivity index (χ4n) is 2.54. The molecule has 1 aliphatic carbocycles. The smallest absolute Gasteiger partial charge is 0.123 e. The highest BCUT2D eigenvalue weighted by atomic mass is 79.9. The lowest BCUT2D eigenvalue weighted by molar-refractivity contribution is 0.383. The van der Waals surface area contributed by atoms with Gasteiger partial charge in [-0.05, 0) is 67.8 Å².